The Balaban J connectivity index is 1.34. The number of alkyl halides is 2. The summed E-state index contributed by atoms with van der Waals surface area (Å²) in [4.78, 5) is 35.9. The summed E-state index contributed by atoms with van der Waals surface area (Å²) in [7, 11) is 0. The molecule has 6 rings (SSSR count). The molecule has 0 spiro atoms. The van der Waals surface area contributed by atoms with Gasteiger partial charge in [0.1, 0.15) is 17.9 Å². The Kier molecular flexibility index (Phi) is 7.82. The molecule has 3 N–H and O–H groups in total. The molecule has 3 fully saturated rings. The number of nitrogens with one attached hydrogen (secondary N) is 2. The van der Waals surface area contributed by atoms with E-state index in [4.69, 9.17) is 9.73 Å². The van der Waals surface area contributed by atoms with Crippen molar-refractivity contribution in [3.8, 4) is 0 Å². The number of aliphatic carboxylic acids is 1. The fraction of sp³-hybridized carbons (Fsp3) is 0.517. The van der Waals surface area contributed by atoms with Gasteiger partial charge in [0.05, 0.1) is 24.1 Å². The lowest BCUT2D eigenvalue weighted by atomic mass is 9.92. The van der Waals surface area contributed by atoms with Gasteiger partial charge in [-0.05, 0) is 50.3 Å². The van der Waals surface area contributed by atoms with Crippen LogP contribution in [-0.2, 0) is 14.3 Å². The lowest BCUT2D eigenvalue weighted by molar-refractivity contribution is -0.144. The summed E-state index contributed by atoms with van der Waals surface area (Å²) in [6, 6.07) is 1.84. The van der Waals surface area contributed by atoms with Crippen LogP contribution in [0, 0.1) is 18.2 Å². The first kappa shape index (κ1) is 29.7. The number of carbonyl (C=O) groups excluding carboxylic acids is 1. The Hall–Kier alpha value is -3.33. The van der Waals surface area contributed by atoms with Crippen molar-refractivity contribution in [3.63, 3.8) is 0 Å². The normalized spacial score (nSPS) is 26.2. The number of ether oxygens (including phenoxy) is 1. The fourth-order valence-electron chi connectivity index (χ4n) is 6.36. The van der Waals surface area contributed by atoms with Gasteiger partial charge in [-0.2, -0.15) is 0 Å². The quantitative estimate of drug-likeness (QED) is 0.345. The van der Waals surface area contributed by atoms with E-state index in [1.807, 2.05) is 0 Å². The largest absolute Gasteiger partial charge is 0.481 e. The summed E-state index contributed by atoms with van der Waals surface area (Å²) in [6.07, 6.45) is 3.00. The van der Waals surface area contributed by atoms with Crippen molar-refractivity contribution in [1.29, 1.82) is 0 Å². The van der Waals surface area contributed by atoms with Crippen molar-refractivity contribution in [2.24, 2.45) is 10.4 Å². The predicted molar refractivity (Wildman–Crippen MR) is 152 cm³/mol. The Bertz CT molecular complexity index is 1480. The molecule has 3 atom stereocenters. The maximum absolute atomic E-state index is 15.6. The number of fused-ring (bicyclic) bond motifs is 1. The zero-order valence-electron chi connectivity index (χ0n) is 23.8. The highest BCUT2D eigenvalue weighted by atomic mass is 32.1. The number of benzene rings is 1. The Morgan fingerprint density at radius 3 is 2.74 bits per heavy atom. The molecule has 0 bridgehead atoms. The van der Waals surface area contributed by atoms with E-state index in [2.05, 4.69) is 15.7 Å². The molecule has 43 heavy (non-hydrogen) atoms. The molecule has 3 unspecified atom stereocenters. The number of carbonyl (C=O) groups is 2. The molecule has 14 heteroatoms. The minimum absolute atomic E-state index is 0.0469. The topological polar surface area (TPSA) is 119 Å². The van der Waals surface area contributed by atoms with Gasteiger partial charge in [-0.25, -0.2) is 28.0 Å². The molecule has 2 aromatic rings. The van der Waals surface area contributed by atoms with Crippen LogP contribution in [0.1, 0.15) is 48.4 Å². The number of carboxylic acids is 1. The zero-order chi connectivity index (χ0) is 30.5. The van der Waals surface area contributed by atoms with E-state index in [1.165, 1.54) is 22.4 Å². The summed E-state index contributed by atoms with van der Waals surface area (Å²) < 4.78 is 51.4. The number of nitrogens with zero attached hydrogens (tertiary/aromatic N) is 4. The second-order valence-corrected chi connectivity index (χ2v) is 12.4. The average Bonchev–Trinajstić information content (AvgIpc) is 3.28. The molecule has 3 aliphatic heterocycles. The summed E-state index contributed by atoms with van der Waals surface area (Å²) >= 11 is 1.32. The number of hydrogen-bond acceptors (Lipinski definition) is 10. The summed E-state index contributed by atoms with van der Waals surface area (Å²) in [6.45, 7) is 3.18. The zero-order valence-corrected chi connectivity index (χ0v) is 24.6. The maximum Gasteiger partial charge on any atom is 0.338 e. The van der Waals surface area contributed by atoms with E-state index in [1.54, 1.807) is 42.5 Å². The lowest BCUT2D eigenvalue weighted by Crippen LogP contribution is -2.49. The van der Waals surface area contributed by atoms with Crippen LogP contribution < -0.4 is 10.7 Å². The van der Waals surface area contributed by atoms with Crippen molar-refractivity contribution >= 4 is 29.1 Å². The first-order valence-electron chi connectivity index (χ1n) is 14.3. The number of halogens is 3. The maximum atomic E-state index is 15.6. The summed E-state index contributed by atoms with van der Waals surface area (Å²) in [5, 5.41) is 16.5. The molecule has 4 aliphatic rings. The van der Waals surface area contributed by atoms with E-state index in [0.717, 1.165) is 0 Å². The minimum atomic E-state index is -3.10. The number of esters is 1. The molecular formula is C29H33F3N6O4S. The Labute approximate surface area is 250 Å². The highest BCUT2D eigenvalue weighted by Gasteiger charge is 2.60. The van der Waals surface area contributed by atoms with E-state index in [0.29, 0.717) is 40.5 Å². The molecule has 1 aliphatic carbocycles. The molecule has 1 aromatic heterocycles. The summed E-state index contributed by atoms with van der Waals surface area (Å²) in [5.41, 5.74) is 3.49. The summed E-state index contributed by atoms with van der Waals surface area (Å²) in [5.74, 6) is -4.76. The van der Waals surface area contributed by atoms with Gasteiger partial charge >= 0.3 is 11.9 Å². The first-order chi connectivity index (χ1) is 20.5. The number of carboxylic acid groups (broad SMARTS) is 1. The van der Waals surface area contributed by atoms with Gasteiger partial charge in [0.25, 0.3) is 5.92 Å². The monoisotopic (exact) mass is 618 g/mol. The number of amidine groups is 1. The van der Waals surface area contributed by atoms with Gasteiger partial charge in [0.15, 0.2) is 10.8 Å². The van der Waals surface area contributed by atoms with Gasteiger partial charge in [0, 0.05) is 43.0 Å². The third kappa shape index (κ3) is 5.45. The van der Waals surface area contributed by atoms with Crippen LogP contribution >= 0.6 is 11.3 Å². The van der Waals surface area contributed by atoms with Crippen LogP contribution in [0.5, 0.6) is 0 Å². The van der Waals surface area contributed by atoms with Crippen molar-refractivity contribution in [1.82, 2.24) is 25.6 Å². The number of thiazole rings is 1. The third-order valence-electron chi connectivity index (χ3n) is 8.88. The molecule has 4 heterocycles. The molecule has 230 valence electrons. The van der Waals surface area contributed by atoms with Crippen LogP contribution in [0.15, 0.2) is 46.0 Å². The second-order valence-electron chi connectivity index (χ2n) is 11.5. The van der Waals surface area contributed by atoms with E-state index in [9.17, 15) is 19.1 Å². The number of hydrogen-bond donors (Lipinski definition) is 3. The number of hydrazine groups is 1. The van der Waals surface area contributed by atoms with Gasteiger partial charge < -0.3 is 15.2 Å². The average molecular weight is 619 g/mol. The van der Waals surface area contributed by atoms with Crippen molar-refractivity contribution in [2.75, 3.05) is 32.8 Å². The van der Waals surface area contributed by atoms with Gasteiger partial charge in [-0.15, -0.1) is 11.3 Å². The Morgan fingerprint density at radius 1 is 1.28 bits per heavy atom. The van der Waals surface area contributed by atoms with Crippen LogP contribution in [0.25, 0.3) is 0 Å². The van der Waals surface area contributed by atoms with Gasteiger partial charge in [-0.1, -0.05) is 12.1 Å². The third-order valence-corrected chi connectivity index (χ3v) is 9.66. The van der Waals surface area contributed by atoms with Crippen LogP contribution in [0.2, 0.25) is 0 Å². The van der Waals surface area contributed by atoms with Crippen molar-refractivity contribution < 1.29 is 32.6 Å². The van der Waals surface area contributed by atoms with Gasteiger partial charge in [-0.3, -0.25) is 20.1 Å². The number of rotatable bonds is 10. The highest BCUT2D eigenvalue weighted by molar-refractivity contribution is 7.11. The number of likely N-dealkylation sites (tertiary alicyclic amines) is 1. The SMILES string of the molecule is CCOC(=O)C1=C(CN2CC(F)(F)C3C2CNN3CCC2(C(=O)O)CC2)NC(c2nccs2)=NC1c1cccc(F)c1C. The molecule has 0 amide bonds. The van der Waals surface area contributed by atoms with Crippen LogP contribution in [0.4, 0.5) is 13.2 Å². The smallest absolute Gasteiger partial charge is 0.338 e. The number of aliphatic imine (C=N–C) groups is 1. The first-order valence-corrected chi connectivity index (χ1v) is 15.2. The number of aromatic nitrogens is 1. The molecule has 0 radical (unpaired) electrons. The molecule has 2 saturated heterocycles. The molecule has 10 nitrogen and oxygen atoms in total. The van der Waals surface area contributed by atoms with Crippen LogP contribution in [0.3, 0.4) is 0 Å². The van der Waals surface area contributed by atoms with E-state index in [-0.39, 0.29) is 38.2 Å². The molecular weight excluding hydrogens is 585 g/mol. The predicted octanol–water partition coefficient (Wildman–Crippen LogP) is 3.26. The van der Waals surface area contributed by atoms with Crippen molar-refractivity contribution in [2.45, 2.75) is 57.2 Å². The molecule has 1 aromatic carbocycles. The lowest BCUT2D eigenvalue weighted by Gasteiger charge is -2.31. The van der Waals surface area contributed by atoms with Crippen LogP contribution in [-0.4, -0.2) is 88.6 Å². The Morgan fingerprint density at radius 2 is 2.07 bits per heavy atom. The van der Waals surface area contributed by atoms with E-state index < -0.39 is 53.8 Å². The minimum Gasteiger partial charge on any atom is -0.481 e. The van der Waals surface area contributed by atoms with Crippen molar-refractivity contribution in [3.05, 3.63) is 63.0 Å². The molecule has 1 saturated carbocycles. The highest BCUT2D eigenvalue weighted by Crippen LogP contribution is 2.50. The standard InChI is InChI=1S/C29H33F3N6O4S/c1-3-42-26(39)21-19(35-24(25-33-10-12-43-25)36-22(21)17-5-4-6-18(30)16(17)2)14-37-15-29(31,32)23-20(37)13-34-38(23)11-9-28(7-8-28)27(40)41/h4-6,10,12,20,22-23,34H,3,7-9,11,13-15H2,1-2H3,(H,35,36)(H,40,41). The van der Waals surface area contributed by atoms with Gasteiger partial charge in [0.2, 0.25) is 0 Å². The fourth-order valence-corrected chi connectivity index (χ4v) is 6.95. The van der Waals surface area contributed by atoms with E-state index >= 15 is 8.78 Å². The second kappa shape index (κ2) is 11.3.